The minimum Gasteiger partial charge on any atom is -0.378 e. The number of benzene rings is 1. The van der Waals surface area contributed by atoms with E-state index in [4.69, 9.17) is 19.7 Å². The van der Waals surface area contributed by atoms with Crippen LogP contribution in [0, 0.1) is 5.41 Å². The number of ether oxygens (including phenoxy) is 1. The number of hydrogen-bond donors (Lipinski definition) is 2. The molecule has 31 heavy (non-hydrogen) atoms. The zero-order valence-corrected chi connectivity index (χ0v) is 18.6. The fraction of sp³-hybridized carbons (Fsp3) is 0.478. The van der Waals surface area contributed by atoms with Crippen molar-refractivity contribution >= 4 is 23.8 Å². The third-order valence-electron chi connectivity index (χ3n) is 5.44. The molecule has 1 unspecified atom stereocenters. The van der Waals surface area contributed by atoms with E-state index in [1.54, 1.807) is 0 Å². The van der Waals surface area contributed by atoms with Crippen molar-refractivity contribution in [1.82, 2.24) is 15.3 Å². The Hall–Kier alpha value is -3.00. The lowest BCUT2D eigenvalue weighted by molar-refractivity contribution is 0.122. The van der Waals surface area contributed by atoms with Crippen molar-refractivity contribution in [2.75, 3.05) is 43.1 Å². The van der Waals surface area contributed by atoms with Gasteiger partial charge in [-0.05, 0) is 36.6 Å². The van der Waals surface area contributed by atoms with Gasteiger partial charge in [-0.1, -0.05) is 20.8 Å². The lowest BCUT2D eigenvalue weighted by atomic mass is 9.83. The third kappa shape index (κ3) is 4.54. The molecule has 0 radical (unpaired) electrons. The Morgan fingerprint density at radius 3 is 2.52 bits per heavy atom. The molecule has 2 N–H and O–H groups in total. The molecule has 3 heterocycles. The molecule has 1 aromatic heterocycles. The highest BCUT2D eigenvalue weighted by molar-refractivity contribution is 5.90. The van der Waals surface area contributed by atoms with Crippen molar-refractivity contribution in [3.05, 3.63) is 35.5 Å². The Balaban J connectivity index is 1.69. The molecule has 0 saturated carbocycles. The van der Waals surface area contributed by atoms with E-state index in [1.165, 1.54) is 0 Å². The van der Waals surface area contributed by atoms with Crippen LogP contribution < -0.4 is 15.5 Å². The van der Waals surface area contributed by atoms with Gasteiger partial charge in [0.1, 0.15) is 5.82 Å². The summed E-state index contributed by atoms with van der Waals surface area (Å²) in [5, 5.41) is 5.54. The van der Waals surface area contributed by atoms with Gasteiger partial charge in [0.05, 0.1) is 24.9 Å². The molecule has 8 nitrogen and oxygen atoms in total. The molecule has 0 aliphatic carbocycles. The molecule has 2 amide bonds. The molecule has 1 saturated heterocycles. The number of urea groups is 1. The summed E-state index contributed by atoms with van der Waals surface area (Å²) in [6.45, 7) is 12.0. The zero-order valence-electron chi connectivity index (χ0n) is 18.6. The number of fused-ring (bicyclic) bond motifs is 1. The predicted molar refractivity (Wildman–Crippen MR) is 123 cm³/mol. The van der Waals surface area contributed by atoms with Crippen molar-refractivity contribution < 1.29 is 9.53 Å². The Morgan fingerprint density at radius 1 is 1.16 bits per heavy atom. The lowest BCUT2D eigenvalue weighted by Crippen LogP contribution is -2.38. The number of rotatable bonds is 4. The molecule has 1 fully saturated rings. The molecular weight excluding hydrogens is 392 g/mol. The minimum absolute atomic E-state index is 0.0260. The molecule has 2 aromatic rings. The quantitative estimate of drug-likeness (QED) is 0.785. The van der Waals surface area contributed by atoms with E-state index in [-0.39, 0.29) is 17.5 Å². The van der Waals surface area contributed by atoms with Crippen LogP contribution in [-0.4, -0.2) is 55.1 Å². The van der Waals surface area contributed by atoms with Crippen LogP contribution in [0.2, 0.25) is 0 Å². The van der Waals surface area contributed by atoms with E-state index < -0.39 is 0 Å². The second-order valence-electron chi connectivity index (χ2n) is 8.88. The van der Waals surface area contributed by atoms with Crippen LogP contribution in [0.3, 0.4) is 0 Å². The summed E-state index contributed by atoms with van der Waals surface area (Å²) >= 11 is 0. The predicted octanol–water partition coefficient (Wildman–Crippen LogP) is 3.64. The number of morpholine rings is 1. The van der Waals surface area contributed by atoms with E-state index >= 15 is 0 Å². The second kappa shape index (κ2) is 8.63. The largest absolute Gasteiger partial charge is 0.378 e. The van der Waals surface area contributed by atoms with E-state index in [9.17, 15) is 4.79 Å². The molecule has 4 rings (SSSR count). The van der Waals surface area contributed by atoms with E-state index in [2.05, 4.69) is 36.3 Å². The normalized spacial score (nSPS) is 18.1. The molecule has 1 atom stereocenters. The van der Waals surface area contributed by atoms with E-state index in [1.807, 2.05) is 37.4 Å². The Morgan fingerprint density at radius 2 is 1.87 bits per heavy atom. The summed E-state index contributed by atoms with van der Waals surface area (Å²) in [4.78, 5) is 28.7. The van der Waals surface area contributed by atoms with E-state index in [0.717, 1.165) is 41.4 Å². The van der Waals surface area contributed by atoms with Crippen LogP contribution >= 0.6 is 0 Å². The van der Waals surface area contributed by atoms with Crippen molar-refractivity contribution in [2.45, 2.75) is 33.7 Å². The summed E-state index contributed by atoms with van der Waals surface area (Å²) < 4.78 is 5.56. The third-order valence-corrected chi connectivity index (χ3v) is 5.44. The van der Waals surface area contributed by atoms with Gasteiger partial charge in [0, 0.05) is 42.7 Å². The summed E-state index contributed by atoms with van der Waals surface area (Å²) in [6, 6.07) is 7.39. The SMILES string of the molecule is CCNC(=O)Nc1ccc(-c2nc3c(c(N4CCOCC4)n2)C(C(C)(C)C)N=C3)cc1. The first-order valence-electron chi connectivity index (χ1n) is 10.8. The highest BCUT2D eigenvalue weighted by atomic mass is 16.5. The Kier molecular flexibility index (Phi) is 5.91. The first kappa shape index (κ1) is 21.2. The number of nitrogens with zero attached hydrogens (tertiary/aromatic N) is 4. The molecular formula is C23H30N6O2. The van der Waals surface area contributed by atoms with Gasteiger partial charge in [0.25, 0.3) is 0 Å². The maximum atomic E-state index is 11.7. The average molecular weight is 423 g/mol. The number of amides is 2. The Labute approximate surface area is 183 Å². The molecule has 0 spiro atoms. The smallest absolute Gasteiger partial charge is 0.319 e. The first-order valence-corrected chi connectivity index (χ1v) is 10.8. The maximum absolute atomic E-state index is 11.7. The molecule has 1 aromatic carbocycles. The number of nitrogens with one attached hydrogen (secondary N) is 2. The topological polar surface area (TPSA) is 91.7 Å². The average Bonchev–Trinajstić information content (AvgIpc) is 3.19. The molecule has 0 bridgehead atoms. The maximum Gasteiger partial charge on any atom is 0.319 e. The number of aliphatic imine (C=N–C) groups is 1. The summed E-state index contributed by atoms with van der Waals surface area (Å²) in [6.07, 6.45) is 1.88. The van der Waals surface area contributed by atoms with Crippen molar-refractivity contribution in [3.63, 3.8) is 0 Å². The minimum atomic E-state index is -0.219. The van der Waals surface area contributed by atoms with Gasteiger partial charge in [-0.15, -0.1) is 0 Å². The first-order chi connectivity index (χ1) is 14.9. The van der Waals surface area contributed by atoms with Gasteiger partial charge < -0.3 is 20.3 Å². The van der Waals surface area contributed by atoms with Gasteiger partial charge >= 0.3 is 6.03 Å². The van der Waals surface area contributed by atoms with Crippen molar-refractivity contribution in [1.29, 1.82) is 0 Å². The van der Waals surface area contributed by atoms with Gasteiger partial charge in [-0.2, -0.15) is 0 Å². The number of hydrogen-bond acceptors (Lipinski definition) is 6. The highest BCUT2D eigenvalue weighted by Crippen LogP contribution is 2.44. The van der Waals surface area contributed by atoms with E-state index in [0.29, 0.717) is 25.6 Å². The second-order valence-corrected chi connectivity index (χ2v) is 8.88. The molecule has 2 aliphatic rings. The number of carbonyl (C=O) groups excluding carboxylic acids is 1. The van der Waals surface area contributed by atoms with Crippen LogP contribution in [0.15, 0.2) is 29.3 Å². The number of carbonyl (C=O) groups is 1. The van der Waals surface area contributed by atoms with Gasteiger partial charge in [0.15, 0.2) is 5.82 Å². The fourth-order valence-electron chi connectivity index (χ4n) is 3.90. The van der Waals surface area contributed by atoms with Crippen LogP contribution in [0.25, 0.3) is 11.4 Å². The standard InChI is InChI=1S/C23H30N6O2/c1-5-24-22(30)26-16-8-6-15(7-9-16)20-27-17-14-25-19(23(2,3)4)18(17)21(28-20)29-10-12-31-13-11-29/h6-9,14,19H,5,10-13H2,1-4H3,(H2,24,26,30). The van der Waals surface area contributed by atoms with Gasteiger partial charge in [0.2, 0.25) is 0 Å². The summed E-state index contributed by atoms with van der Waals surface area (Å²) in [5.41, 5.74) is 3.58. The summed E-state index contributed by atoms with van der Waals surface area (Å²) in [5.74, 6) is 1.61. The van der Waals surface area contributed by atoms with Crippen LogP contribution in [0.4, 0.5) is 16.3 Å². The number of anilines is 2. The lowest BCUT2D eigenvalue weighted by Gasteiger charge is -2.33. The van der Waals surface area contributed by atoms with Crippen LogP contribution in [0.1, 0.15) is 45.0 Å². The molecule has 164 valence electrons. The number of aromatic nitrogens is 2. The molecule has 8 heteroatoms. The molecule has 2 aliphatic heterocycles. The monoisotopic (exact) mass is 422 g/mol. The highest BCUT2D eigenvalue weighted by Gasteiger charge is 2.36. The summed E-state index contributed by atoms with van der Waals surface area (Å²) in [7, 11) is 0. The van der Waals surface area contributed by atoms with Crippen molar-refractivity contribution in [2.24, 2.45) is 10.4 Å². The fourth-order valence-corrected chi connectivity index (χ4v) is 3.90. The van der Waals surface area contributed by atoms with Gasteiger partial charge in [-0.25, -0.2) is 14.8 Å². The zero-order chi connectivity index (χ0) is 22.0. The Bertz CT molecular complexity index is 975. The van der Waals surface area contributed by atoms with Crippen LogP contribution in [0.5, 0.6) is 0 Å². The van der Waals surface area contributed by atoms with Gasteiger partial charge in [-0.3, -0.25) is 4.99 Å². The van der Waals surface area contributed by atoms with Crippen LogP contribution in [-0.2, 0) is 4.74 Å². The van der Waals surface area contributed by atoms with Crippen molar-refractivity contribution in [3.8, 4) is 11.4 Å².